The molecule has 0 saturated carbocycles. The molecule has 0 saturated heterocycles. The topological polar surface area (TPSA) is 91.0 Å². The van der Waals surface area contributed by atoms with Crippen LogP contribution in [0.1, 0.15) is 13.3 Å². The minimum Gasteiger partial charge on any atom is -0.409 e. The van der Waals surface area contributed by atoms with Gasteiger partial charge in [-0.2, -0.15) is 0 Å². The summed E-state index contributed by atoms with van der Waals surface area (Å²) in [7, 11) is 1.65. The van der Waals surface area contributed by atoms with Gasteiger partial charge in [-0.15, -0.1) is 0 Å². The molecule has 0 atom stereocenters. The molecule has 0 bridgehead atoms. The Morgan fingerprint density at radius 1 is 1.69 bits per heavy atom. The molecule has 13 heavy (non-hydrogen) atoms. The molecule has 4 N–H and O–H groups in total. The van der Waals surface area contributed by atoms with Crippen LogP contribution in [0.25, 0.3) is 0 Å². The fraction of sp³-hybridized carbons (Fsp3) is 0.714. The maximum absolute atomic E-state index is 11.1. The zero-order valence-corrected chi connectivity index (χ0v) is 7.95. The van der Waals surface area contributed by atoms with Crippen molar-refractivity contribution in [2.45, 2.75) is 13.3 Å². The highest BCUT2D eigenvalue weighted by Gasteiger charge is 2.06. The molecule has 6 heteroatoms. The Morgan fingerprint density at radius 3 is 2.77 bits per heavy atom. The van der Waals surface area contributed by atoms with Gasteiger partial charge in [0.2, 0.25) is 0 Å². The summed E-state index contributed by atoms with van der Waals surface area (Å²) in [4.78, 5) is 12.6. The van der Waals surface area contributed by atoms with Crippen molar-refractivity contribution in [3.63, 3.8) is 0 Å². The van der Waals surface area contributed by atoms with Gasteiger partial charge in [0.1, 0.15) is 5.84 Å². The Hall–Kier alpha value is -1.46. The number of carbonyl (C=O) groups is 1. The largest absolute Gasteiger partial charge is 0.409 e. The van der Waals surface area contributed by atoms with E-state index in [1.54, 1.807) is 7.05 Å². The first-order valence-corrected chi connectivity index (χ1v) is 4.07. The number of amidine groups is 1. The van der Waals surface area contributed by atoms with E-state index in [2.05, 4.69) is 10.5 Å². The second kappa shape index (κ2) is 6.10. The molecular formula is C7H16N4O2. The first kappa shape index (κ1) is 11.5. The minimum absolute atomic E-state index is 0.121. The number of nitrogens with zero attached hydrogens (tertiary/aromatic N) is 2. The lowest BCUT2D eigenvalue weighted by Crippen LogP contribution is -2.38. The van der Waals surface area contributed by atoms with Gasteiger partial charge in [-0.05, 0) is 6.92 Å². The molecule has 0 aliphatic carbocycles. The Morgan fingerprint density at radius 2 is 2.31 bits per heavy atom. The first-order chi connectivity index (χ1) is 6.11. The summed E-state index contributed by atoms with van der Waals surface area (Å²) < 4.78 is 0. The van der Waals surface area contributed by atoms with Crippen molar-refractivity contribution < 1.29 is 10.0 Å². The molecule has 0 radical (unpaired) electrons. The van der Waals surface area contributed by atoms with E-state index in [4.69, 9.17) is 10.9 Å². The van der Waals surface area contributed by atoms with Gasteiger partial charge in [-0.1, -0.05) is 5.16 Å². The van der Waals surface area contributed by atoms with E-state index in [0.29, 0.717) is 19.5 Å². The van der Waals surface area contributed by atoms with Crippen molar-refractivity contribution >= 4 is 11.9 Å². The quantitative estimate of drug-likeness (QED) is 0.246. The smallest absolute Gasteiger partial charge is 0.317 e. The van der Waals surface area contributed by atoms with Crippen LogP contribution in [0.2, 0.25) is 0 Å². The van der Waals surface area contributed by atoms with E-state index in [1.165, 1.54) is 4.90 Å². The lowest BCUT2D eigenvalue weighted by atomic mass is 10.4. The molecule has 0 rings (SSSR count). The number of oxime groups is 1. The second-order valence-corrected chi connectivity index (χ2v) is 2.60. The molecule has 0 aromatic carbocycles. The summed E-state index contributed by atoms with van der Waals surface area (Å²) in [5, 5.41) is 13.7. The van der Waals surface area contributed by atoms with Crippen LogP contribution in [-0.2, 0) is 0 Å². The van der Waals surface area contributed by atoms with Crippen LogP contribution < -0.4 is 11.1 Å². The predicted molar refractivity (Wildman–Crippen MR) is 49.7 cm³/mol. The highest BCUT2D eigenvalue weighted by Crippen LogP contribution is 1.88. The van der Waals surface area contributed by atoms with Gasteiger partial charge < -0.3 is 21.2 Å². The molecule has 76 valence electrons. The van der Waals surface area contributed by atoms with Gasteiger partial charge in [0.05, 0.1) is 0 Å². The van der Waals surface area contributed by atoms with E-state index in [1.807, 2.05) is 6.92 Å². The fourth-order valence-corrected chi connectivity index (χ4v) is 0.720. The third-order valence-corrected chi connectivity index (χ3v) is 1.51. The maximum atomic E-state index is 11.1. The average Bonchev–Trinajstić information content (AvgIpc) is 2.13. The number of nitrogens with one attached hydrogen (secondary N) is 1. The molecule has 0 aliphatic rings. The summed E-state index contributed by atoms with van der Waals surface area (Å²) in [6, 6.07) is -0.159. The van der Waals surface area contributed by atoms with E-state index in [9.17, 15) is 4.79 Å². The van der Waals surface area contributed by atoms with Crippen LogP contribution in [0.3, 0.4) is 0 Å². The van der Waals surface area contributed by atoms with Crippen LogP contribution in [0.15, 0.2) is 5.16 Å². The Kier molecular flexibility index (Phi) is 5.42. The van der Waals surface area contributed by atoms with Crippen LogP contribution in [-0.4, -0.2) is 42.1 Å². The van der Waals surface area contributed by atoms with E-state index < -0.39 is 0 Å². The molecule has 0 fully saturated rings. The first-order valence-electron chi connectivity index (χ1n) is 4.07. The summed E-state index contributed by atoms with van der Waals surface area (Å²) in [5.74, 6) is 0.121. The number of hydrogen-bond donors (Lipinski definition) is 3. The molecule has 2 amide bonds. The molecule has 0 aromatic heterocycles. The monoisotopic (exact) mass is 188 g/mol. The number of urea groups is 1. The number of carbonyl (C=O) groups excluding carboxylic acids is 1. The van der Waals surface area contributed by atoms with Crippen LogP contribution >= 0.6 is 0 Å². The zero-order valence-electron chi connectivity index (χ0n) is 7.95. The number of rotatable bonds is 4. The van der Waals surface area contributed by atoms with Crippen molar-refractivity contribution in [2.24, 2.45) is 10.9 Å². The summed E-state index contributed by atoms with van der Waals surface area (Å²) in [5.41, 5.74) is 5.24. The highest BCUT2D eigenvalue weighted by atomic mass is 16.4. The van der Waals surface area contributed by atoms with E-state index in [0.717, 1.165) is 0 Å². The Balaban J connectivity index is 3.73. The third kappa shape index (κ3) is 4.89. The van der Waals surface area contributed by atoms with Crippen molar-refractivity contribution in [3.05, 3.63) is 0 Å². The lowest BCUT2D eigenvalue weighted by molar-refractivity contribution is 0.210. The molecule has 0 aromatic rings. The predicted octanol–water partition coefficient (Wildman–Crippen LogP) is -0.216. The molecule has 0 spiro atoms. The molecule has 0 aliphatic heterocycles. The zero-order chi connectivity index (χ0) is 10.3. The van der Waals surface area contributed by atoms with Gasteiger partial charge >= 0.3 is 6.03 Å². The molecule has 6 nitrogen and oxygen atoms in total. The third-order valence-electron chi connectivity index (χ3n) is 1.51. The number of amides is 2. The van der Waals surface area contributed by atoms with Crippen molar-refractivity contribution in [3.8, 4) is 0 Å². The van der Waals surface area contributed by atoms with Gasteiger partial charge in [0.15, 0.2) is 0 Å². The summed E-state index contributed by atoms with van der Waals surface area (Å²) in [6.07, 6.45) is 0.365. The maximum Gasteiger partial charge on any atom is 0.317 e. The fourth-order valence-electron chi connectivity index (χ4n) is 0.720. The van der Waals surface area contributed by atoms with Crippen LogP contribution in [0.5, 0.6) is 0 Å². The van der Waals surface area contributed by atoms with Gasteiger partial charge in [-0.3, -0.25) is 0 Å². The van der Waals surface area contributed by atoms with Crippen molar-refractivity contribution in [2.75, 3.05) is 20.1 Å². The number of hydrogen-bond acceptors (Lipinski definition) is 3. The average molecular weight is 188 g/mol. The van der Waals surface area contributed by atoms with E-state index >= 15 is 0 Å². The van der Waals surface area contributed by atoms with E-state index in [-0.39, 0.29) is 11.9 Å². The SMILES string of the molecule is CCNC(=O)N(C)CC/C(N)=N/O. The summed E-state index contributed by atoms with van der Waals surface area (Å²) in [6.45, 7) is 2.86. The molecule has 0 heterocycles. The van der Waals surface area contributed by atoms with Crippen molar-refractivity contribution in [1.82, 2.24) is 10.2 Å². The van der Waals surface area contributed by atoms with Crippen molar-refractivity contribution in [1.29, 1.82) is 0 Å². The van der Waals surface area contributed by atoms with Crippen LogP contribution in [0.4, 0.5) is 4.79 Å². The Bertz CT molecular complexity index is 193. The van der Waals surface area contributed by atoms with Gasteiger partial charge in [0, 0.05) is 26.6 Å². The second-order valence-electron chi connectivity index (χ2n) is 2.60. The normalized spacial score (nSPS) is 11.1. The molecular weight excluding hydrogens is 172 g/mol. The van der Waals surface area contributed by atoms with Crippen LogP contribution in [0, 0.1) is 0 Å². The summed E-state index contributed by atoms with van der Waals surface area (Å²) >= 11 is 0. The van der Waals surface area contributed by atoms with Gasteiger partial charge in [0.25, 0.3) is 0 Å². The Labute approximate surface area is 77.4 Å². The highest BCUT2D eigenvalue weighted by molar-refractivity contribution is 5.80. The lowest BCUT2D eigenvalue weighted by Gasteiger charge is -2.16. The van der Waals surface area contributed by atoms with Gasteiger partial charge in [-0.25, -0.2) is 4.79 Å². The standard InChI is InChI=1S/C7H16N4O2/c1-3-9-7(12)11(2)5-4-6(8)10-13/h13H,3-5H2,1-2H3,(H2,8,10)(H,9,12). The minimum atomic E-state index is -0.159. The molecule has 0 unspecified atom stereocenters. The number of nitrogens with two attached hydrogens (primary N) is 1.